The summed E-state index contributed by atoms with van der Waals surface area (Å²) in [4.78, 5) is 12.4. The number of aryl methyl sites for hydroxylation is 1. The molecule has 19 heavy (non-hydrogen) atoms. The maximum Gasteiger partial charge on any atom is 0.230 e. The van der Waals surface area contributed by atoms with Crippen molar-refractivity contribution >= 4 is 18.3 Å². The number of carbonyl (C=O) groups excluding carboxylic acids is 1. The van der Waals surface area contributed by atoms with Crippen LogP contribution >= 0.6 is 12.4 Å². The lowest BCUT2D eigenvalue weighted by Gasteiger charge is -2.28. The van der Waals surface area contributed by atoms with E-state index in [1.807, 2.05) is 6.07 Å². The lowest BCUT2D eigenvalue weighted by atomic mass is 9.93. The molecule has 0 aromatic heterocycles. The van der Waals surface area contributed by atoms with Crippen molar-refractivity contribution < 1.29 is 4.79 Å². The second-order valence-electron chi connectivity index (χ2n) is 5.69. The first kappa shape index (κ1) is 14.4. The zero-order valence-corrected chi connectivity index (χ0v) is 12.1. The van der Waals surface area contributed by atoms with Gasteiger partial charge in [-0.1, -0.05) is 29.8 Å². The zero-order valence-electron chi connectivity index (χ0n) is 11.2. The third kappa shape index (κ3) is 2.77. The molecule has 1 aromatic carbocycles. The highest BCUT2D eigenvalue weighted by atomic mass is 35.5. The highest BCUT2D eigenvalue weighted by Crippen LogP contribution is 2.48. The number of rotatable bonds is 4. The van der Waals surface area contributed by atoms with Crippen LogP contribution in [0.2, 0.25) is 0 Å². The number of hydrogen-bond acceptors (Lipinski definition) is 2. The highest BCUT2D eigenvalue weighted by Gasteiger charge is 2.51. The second-order valence-corrected chi connectivity index (χ2v) is 5.69. The van der Waals surface area contributed by atoms with Gasteiger partial charge in [-0.2, -0.15) is 0 Å². The Bertz CT molecular complexity index is 467. The van der Waals surface area contributed by atoms with Crippen LogP contribution in [0.25, 0.3) is 0 Å². The second kappa shape index (κ2) is 5.51. The van der Waals surface area contributed by atoms with Crippen LogP contribution in [-0.4, -0.2) is 25.5 Å². The van der Waals surface area contributed by atoms with Crippen molar-refractivity contribution in [2.45, 2.75) is 25.2 Å². The molecule has 1 heterocycles. The summed E-state index contributed by atoms with van der Waals surface area (Å²) in [6, 6.07) is 8.37. The molecule has 0 atom stereocenters. The number of halogens is 1. The maximum absolute atomic E-state index is 12.4. The molecule has 2 fully saturated rings. The maximum atomic E-state index is 12.4. The summed E-state index contributed by atoms with van der Waals surface area (Å²) in [6.07, 6.45) is 1.98. The van der Waals surface area contributed by atoms with E-state index in [1.54, 1.807) is 0 Å². The highest BCUT2D eigenvalue weighted by molar-refractivity contribution is 5.91. The molecule has 2 N–H and O–H groups in total. The van der Waals surface area contributed by atoms with Crippen LogP contribution in [0, 0.1) is 12.8 Å². The van der Waals surface area contributed by atoms with E-state index in [-0.39, 0.29) is 23.7 Å². The molecular formula is C15H21ClN2O. The molecule has 1 saturated heterocycles. The molecule has 104 valence electrons. The van der Waals surface area contributed by atoms with Crippen molar-refractivity contribution in [1.82, 2.24) is 10.6 Å². The molecule has 3 nitrogen and oxygen atoms in total. The summed E-state index contributed by atoms with van der Waals surface area (Å²) in [6.45, 7) is 4.98. The summed E-state index contributed by atoms with van der Waals surface area (Å²) in [5, 5.41) is 6.35. The van der Waals surface area contributed by atoms with E-state index in [1.165, 1.54) is 11.1 Å². The molecule has 1 aliphatic heterocycles. The van der Waals surface area contributed by atoms with Gasteiger partial charge < -0.3 is 10.6 Å². The van der Waals surface area contributed by atoms with Crippen molar-refractivity contribution in [2.24, 2.45) is 5.92 Å². The number of nitrogens with one attached hydrogen (secondary N) is 2. The lowest BCUT2D eigenvalue weighted by molar-refractivity contribution is -0.123. The van der Waals surface area contributed by atoms with Crippen molar-refractivity contribution in [1.29, 1.82) is 0 Å². The predicted molar refractivity (Wildman–Crippen MR) is 78.7 cm³/mol. The van der Waals surface area contributed by atoms with Gasteiger partial charge in [0.1, 0.15) is 0 Å². The van der Waals surface area contributed by atoms with Gasteiger partial charge in [-0.25, -0.2) is 0 Å². The Balaban J connectivity index is 0.00000133. The molecule has 0 spiro atoms. The fraction of sp³-hybridized carbons (Fsp3) is 0.533. The first-order chi connectivity index (χ1) is 8.71. The molecule has 0 bridgehead atoms. The van der Waals surface area contributed by atoms with Gasteiger partial charge in [-0.3, -0.25) is 4.79 Å². The van der Waals surface area contributed by atoms with Crippen LogP contribution in [0.3, 0.4) is 0 Å². The van der Waals surface area contributed by atoms with Gasteiger partial charge >= 0.3 is 0 Å². The van der Waals surface area contributed by atoms with Crippen molar-refractivity contribution in [3.63, 3.8) is 0 Å². The van der Waals surface area contributed by atoms with E-state index in [0.29, 0.717) is 5.92 Å². The third-order valence-corrected chi connectivity index (χ3v) is 4.17. The molecule has 0 unspecified atom stereocenters. The van der Waals surface area contributed by atoms with E-state index >= 15 is 0 Å². The Labute approximate surface area is 120 Å². The zero-order chi connectivity index (χ0) is 12.6. The monoisotopic (exact) mass is 280 g/mol. The van der Waals surface area contributed by atoms with Gasteiger partial charge in [0.05, 0.1) is 5.41 Å². The lowest BCUT2D eigenvalue weighted by Crippen LogP contribution is -2.49. The Morgan fingerprint density at radius 1 is 1.42 bits per heavy atom. The van der Waals surface area contributed by atoms with Gasteiger partial charge in [-0.05, 0) is 25.3 Å². The SMILES string of the molecule is Cc1cccc(C2(C(=O)NCC3CNC3)CC2)c1.Cl. The molecule has 1 saturated carbocycles. The fourth-order valence-electron chi connectivity index (χ4n) is 2.61. The van der Waals surface area contributed by atoms with Gasteiger partial charge in [0.15, 0.2) is 0 Å². The molecule has 2 aliphatic rings. The number of hydrogen-bond donors (Lipinski definition) is 2. The van der Waals surface area contributed by atoms with E-state index in [0.717, 1.165) is 32.5 Å². The normalized spacial score (nSPS) is 20.1. The molecule has 0 radical (unpaired) electrons. The minimum atomic E-state index is -0.219. The molecule has 1 amide bonds. The van der Waals surface area contributed by atoms with Crippen LogP contribution in [0.4, 0.5) is 0 Å². The largest absolute Gasteiger partial charge is 0.355 e. The summed E-state index contributed by atoms with van der Waals surface area (Å²) in [7, 11) is 0. The van der Waals surface area contributed by atoms with Gasteiger partial charge in [0.2, 0.25) is 5.91 Å². The van der Waals surface area contributed by atoms with Crippen molar-refractivity contribution in [3.05, 3.63) is 35.4 Å². The molecule has 4 heteroatoms. The van der Waals surface area contributed by atoms with Crippen LogP contribution in [0.15, 0.2) is 24.3 Å². The number of carbonyl (C=O) groups is 1. The first-order valence-electron chi connectivity index (χ1n) is 6.77. The summed E-state index contributed by atoms with van der Waals surface area (Å²) in [5.74, 6) is 0.849. The van der Waals surface area contributed by atoms with Crippen molar-refractivity contribution in [2.75, 3.05) is 19.6 Å². The number of amides is 1. The average molecular weight is 281 g/mol. The Morgan fingerprint density at radius 2 is 2.16 bits per heavy atom. The molecule has 1 aromatic rings. The van der Waals surface area contributed by atoms with E-state index in [9.17, 15) is 4.79 Å². The summed E-state index contributed by atoms with van der Waals surface area (Å²) < 4.78 is 0. The van der Waals surface area contributed by atoms with Crippen LogP contribution < -0.4 is 10.6 Å². The minimum Gasteiger partial charge on any atom is -0.355 e. The Morgan fingerprint density at radius 3 is 2.68 bits per heavy atom. The van der Waals surface area contributed by atoms with Crippen LogP contribution in [0.5, 0.6) is 0 Å². The molecular weight excluding hydrogens is 260 g/mol. The average Bonchev–Trinajstić information content (AvgIpc) is 3.08. The first-order valence-corrected chi connectivity index (χ1v) is 6.77. The Kier molecular flexibility index (Phi) is 4.16. The van der Waals surface area contributed by atoms with Crippen molar-refractivity contribution in [3.8, 4) is 0 Å². The topological polar surface area (TPSA) is 41.1 Å². The standard InChI is InChI=1S/C15H20N2O.ClH/c1-11-3-2-4-13(7-11)15(5-6-15)14(18)17-10-12-8-16-9-12;/h2-4,7,12,16H,5-6,8-10H2,1H3,(H,17,18);1H. The van der Waals surface area contributed by atoms with Gasteiger partial charge in [0, 0.05) is 25.6 Å². The van der Waals surface area contributed by atoms with Crippen LogP contribution in [0.1, 0.15) is 24.0 Å². The summed E-state index contributed by atoms with van der Waals surface area (Å²) in [5.41, 5.74) is 2.20. The quantitative estimate of drug-likeness (QED) is 0.883. The predicted octanol–water partition coefficient (Wildman–Crippen LogP) is 1.78. The molecule has 1 aliphatic carbocycles. The van der Waals surface area contributed by atoms with Gasteiger partial charge in [0.25, 0.3) is 0 Å². The summed E-state index contributed by atoms with van der Waals surface area (Å²) >= 11 is 0. The smallest absolute Gasteiger partial charge is 0.230 e. The molecule has 3 rings (SSSR count). The fourth-order valence-corrected chi connectivity index (χ4v) is 2.61. The van der Waals surface area contributed by atoms with E-state index in [4.69, 9.17) is 0 Å². The van der Waals surface area contributed by atoms with E-state index < -0.39 is 0 Å². The van der Waals surface area contributed by atoms with Gasteiger partial charge in [-0.15, -0.1) is 12.4 Å². The minimum absolute atomic E-state index is 0. The van der Waals surface area contributed by atoms with E-state index in [2.05, 4.69) is 35.8 Å². The third-order valence-electron chi connectivity index (χ3n) is 4.17. The number of benzene rings is 1. The Hall–Kier alpha value is -1.06. The van der Waals surface area contributed by atoms with Crippen LogP contribution in [-0.2, 0) is 10.2 Å².